The number of rotatable bonds is 4. The zero-order chi connectivity index (χ0) is 13.1. The highest BCUT2D eigenvalue weighted by molar-refractivity contribution is 7.15. The van der Waals surface area contributed by atoms with Gasteiger partial charge in [0, 0.05) is 27.9 Å². The van der Waals surface area contributed by atoms with Crippen molar-refractivity contribution in [2.24, 2.45) is 0 Å². The van der Waals surface area contributed by atoms with E-state index in [0.29, 0.717) is 0 Å². The lowest BCUT2D eigenvalue weighted by Crippen LogP contribution is -2.10. The van der Waals surface area contributed by atoms with Crippen molar-refractivity contribution in [2.45, 2.75) is 13.5 Å². The van der Waals surface area contributed by atoms with E-state index in [2.05, 4.69) is 53.6 Å². The first-order valence-electron chi connectivity index (χ1n) is 6.51. The van der Waals surface area contributed by atoms with Gasteiger partial charge in [0.15, 0.2) is 0 Å². The minimum absolute atomic E-state index is 0.955. The maximum absolute atomic E-state index is 4.36. The van der Waals surface area contributed by atoms with Gasteiger partial charge in [-0.2, -0.15) is 0 Å². The van der Waals surface area contributed by atoms with Gasteiger partial charge in [-0.05, 0) is 42.4 Å². The lowest BCUT2D eigenvalue weighted by molar-refractivity contribution is 0.735. The molecule has 0 bridgehead atoms. The summed E-state index contributed by atoms with van der Waals surface area (Å²) in [7, 11) is 0. The summed E-state index contributed by atoms with van der Waals surface area (Å²) < 4.78 is 0. The van der Waals surface area contributed by atoms with E-state index in [1.165, 1.54) is 20.7 Å². The third-order valence-electron chi connectivity index (χ3n) is 3.10. The summed E-state index contributed by atoms with van der Waals surface area (Å²) >= 11 is 1.85. The highest BCUT2D eigenvalue weighted by Gasteiger charge is 2.04. The third kappa shape index (κ3) is 2.67. The van der Waals surface area contributed by atoms with Gasteiger partial charge in [0.2, 0.25) is 0 Å². The molecule has 1 aromatic carbocycles. The lowest BCUT2D eigenvalue weighted by atomic mass is 10.1. The molecule has 19 heavy (non-hydrogen) atoms. The Hall–Kier alpha value is -1.71. The van der Waals surface area contributed by atoms with Crippen molar-refractivity contribution in [3.8, 4) is 10.4 Å². The molecule has 2 heterocycles. The average molecular weight is 268 g/mol. The number of benzene rings is 1. The zero-order valence-corrected chi connectivity index (χ0v) is 11.7. The highest BCUT2D eigenvalue weighted by atomic mass is 32.1. The summed E-state index contributed by atoms with van der Waals surface area (Å²) in [5.41, 5.74) is 2.32. The van der Waals surface area contributed by atoms with Gasteiger partial charge in [0.25, 0.3) is 0 Å². The number of aromatic nitrogens is 1. The van der Waals surface area contributed by atoms with Crippen LogP contribution in [0, 0.1) is 0 Å². The minimum Gasteiger partial charge on any atom is -0.312 e. The van der Waals surface area contributed by atoms with Crippen molar-refractivity contribution >= 4 is 22.2 Å². The monoisotopic (exact) mass is 268 g/mol. The molecule has 1 N–H and O–H groups in total. The van der Waals surface area contributed by atoms with Gasteiger partial charge < -0.3 is 5.32 Å². The summed E-state index contributed by atoms with van der Waals surface area (Å²) in [5, 5.41) is 4.56. The van der Waals surface area contributed by atoms with Gasteiger partial charge in [-0.3, -0.25) is 4.98 Å². The first-order chi connectivity index (χ1) is 9.36. The molecule has 2 aromatic heterocycles. The van der Waals surface area contributed by atoms with Gasteiger partial charge in [0.05, 0.1) is 5.52 Å². The Labute approximate surface area is 117 Å². The second-order valence-corrected chi connectivity index (χ2v) is 5.63. The van der Waals surface area contributed by atoms with Crippen molar-refractivity contribution in [3.63, 3.8) is 0 Å². The highest BCUT2D eigenvalue weighted by Crippen LogP contribution is 2.30. The van der Waals surface area contributed by atoms with Crippen LogP contribution in [0.3, 0.4) is 0 Å². The van der Waals surface area contributed by atoms with E-state index in [0.717, 1.165) is 18.6 Å². The van der Waals surface area contributed by atoms with Crippen molar-refractivity contribution in [1.82, 2.24) is 10.3 Å². The fourth-order valence-corrected chi connectivity index (χ4v) is 3.08. The molecule has 0 radical (unpaired) electrons. The van der Waals surface area contributed by atoms with E-state index in [-0.39, 0.29) is 0 Å². The molecule has 0 saturated carbocycles. The van der Waals surface area contributed by atoms with E-state index >= 15 is 0 Å². The number of fused-ring (bicyclic) bond motifs is 1. The first kappa shape index (κ1) is 12.3. The van der Waals surface area contributed by atoms with Gasteiger partial charge >= 0.3 is 0 Å². The van der Waals surface area contributed by atoms with Crippen molar-refractivity contribution in [3.05, 3.63) is 53.5 Å². The van der Waals surface area contributed by atoms with Crippen LogP contribution in [0.15, 0.2) is 48.7 Å². The van der Waals surface area contributed by atoms with E-state index < -0.39 is 0 Å². The third-order valence-corrected chi connectivity index (χ3v) is 4.23. The molecule has 96 valence electrons. The minimum atomic E-state index is 0.955. The van der Waals surface area contributed by atoms with Crippen LogP contribution in [0.4, 0.5) is 0 Å². The molecule has 2 nitrogen and oxygen atoms in total. The molecule has 0 unspecified atom stereocenters. The smallest absolute Gasteiger partial charge is 0.0702 e. The Bertz CT molecular complexity index is 688. The van der Waals surface area contributed by atoms with E-state index in [1.807, 2.05) is 23.6 Å². The molecule has 3 heteroatoms. The molecule has 0 aliphatic rings. The summed E-state index contributed by atoms with van der Waals surface area (Å²) in [6.45, 7) is 4.09. The van der Waals surface area contributed by atoms with E-state index in [1.54, 1.807) is 0 Å². The fraction of sp³-hybridized carbons (Fsp3) is 0.188. The van der Waals surface area contributed by atoms with Crippen molar-refractivity contribution in [1.29, 1.82) is 0 Å². The molecule has 3 aromatic rings. The van der Waals surface area contributed by atoms with Gasteiger partial charge in [-0.15, -0.1) is 11.3 Å². The van der Waals surface area contributed by atoms with Crippen LogP contribution in [-0.4, -0.2) is 11.5 Å². The predicted molar refractivity (Wildman–Crippen MR) is 82.4 cm³/mol. The summed E-state index contributed by atoms with van der Waals surface area (Å²) in [5.74, 6) is 0. The lowest BCUT2D eigenvalue weighted by Gasteiger charge is -2.01. The molecule has 0 aliphatic heterocycles. The Balaban J connectivity index is 1.92. The molecule has 0 atom stereocenters. The Morgan fingerprint density at radius 1 is 1.16 bits per heavy atom. The first-order valence-corrected chi connectivity index (χ1v) is 7.33. The van der Waals surface area contributed by atoms with Crippen LogP contribution in [0.1, 0.15) is 11.8 Å². The predicted octanol–water partition coefficient (Wildman–Crippen LogP) is 4.07. The number of pyridine rings is 1. The van der Waals surface area contributed by atoms with Gasteiger partial charge in [0.1, 0.15) is 0 Å². The second kappa shape index (κ2) is 5.51. The molecular weight excluding hydrogens is 252 g/mol. The molecule has 0 spiro atoms. The Kier molecular flexibility index (Phi) is 3.58. The van der Waals surface area contributed by atoms with Crippen molar-refractivity contribution < 1.29 is 0 Å². The Morgan fingerprint density at radius 2 is 2.11 bits per heavy atom. The topological polar surface area (TPSA) is 24.9 Å². The van der Waals surface area contributed by atoms with Crippen LogP contribution >= 0.6 is 11.3 Å². The van der Waals surface area contributed by atoms with Crippen LogP contribution in [0.5, 0.6) is 0 Å². The van der Waals surface area contributed by atoms with Gasteiger partial charge in [-0.25, -0.2) is 0 Å². The maximum atomic E-state index is 4.36. The largest absolute Gasteiger partial charge is 0.312 e. The number of nitrogens with zero attached hydrogens (tertiary/aromatic N) is 1. The number of hydrogen-bond donors (Lipinski definition) is 1. The quantitative estimate of drug-likeness (QED) is 0.771. The molecule has 0 aliphatic carbocycles. The molecular formula is C16H16N2S. The van der Waals surface area contributed by atoms with Gasteiger partial charge in [-0.1, -0.05) is 19.1 Å². The van der Waals surface area contributed by atoms with Crippen LogP contribution < -0.4 is 5.32 Å². The molecule has 0 fully saturated rings. The van der Waals surface area contributed by atoms with Crippen LogP contribution in [-0.2, 0) is 6.54 Å². The van der Waals surface area contributed by atoms with E-state index in [4.69, 9.17) is 0 Å². The normalized spacial score (nSPS) is 11.0. The maximum Gasteiger partial charge on any atom is 0.0702 e. The SMILES string of the molecule is CCNCc1ccc(-c2ccc3ncccc3c2)s1. The Morgan fingerprint density at radius 3 is 3.00 bits per heavy atom. The molecule has 0 saturated heterocycles. The molecule has 0 amide bonds. The van der Waals surface area contributed by atoms with E-state index in [9.17, 15) is 0 Å². The summed E-state index contributed by atoms with van der Waals surface area (Å²) in [6, 6.07) is 15.0. The number of thiophene rings is 1. The second-order valence-electron chi connectivity index (χ2n) is 4.46. The standard InChI is InChI=1S/C16H16N2S/c1-2-17-11-14-6-8-16(19-14)13-5-7-15-12(10-13)4-3-9-18-15/h3-10,17H,2,11H2,1H3. The fourth-order valence-electron chi connectivity index (χ4n) is 2.11. The van der Waals surface area contributed by atoms with Crippen LogP contribution in [0.25, 0.3) is 21.3 Å². The summed E-state index contributed by atoms with van der Waals surface area (Å²) in [4.78, 5) is 7.05. The summed E-state index contributed by atoms with van der Waals surface area (Å²) in [6.07, 6.45) is 1.83. The number of nitrogens with one attached hydrogen (secondary N) is 1. The zero-order valence-electron chi connectivity index (χ0n) is 10.9. The molecule has 3 rings (SSSR count). The van der Waals surface area contributed by atoms with Crippen LogP contribution in [0.2, 0.25) is 0 Å². The number of hydrogen-bond acceptors (Lipinski definition) is 3. The average Bonchev–Trinajstić information content (AvgIpc) is 2.93. The van der Waals surface area contributed by atoms with Crippen molar-refractivity contribution in [2.75, 3.05) is 6.54 Å².